The first-order chi connectivity index (χ1) is 9.59. The van der Waals surface area contributed by atoms with Crippen LogP contribution in [0.15, 0.2) is 16.2 Å². The van der Waals surface area contributed by atoms with E-state index in [1.54, 1.807) is 11.3 Å². The van der Waals surface area contributed by atoms with Crippen LogP contribution < -0.4 is 5.56 Å². The molecule has 20 heavy (non-hydrogen) atoms. The Balaban J connectivity index is 2.17. The molecule has 2 atom stereocenters. The third-order valence-corrected chi connectivity index (χ3v) is 5.65. The molecule has 1 saturated carbocycles. The van der Waals surface area contributed by atoms with Crippen molar-refractivity contribution in [2.45, 2.75) is 45.6 Å². The summed E-state index contributed by atoms with van der Waals surface area (Å²) >= 11 is 7.01. The summed E-state index contributed by atoms with van der Waals surface area (Å²) in [5.74, 6) is 1.13. The van der Waals surface area contributed by atoms with E-state index in [0.29, 0.717) is 16.6 Å². The highest BCUT2D eigenvalue weighted by atomic mass is 32.1. The van der Waals surface area contributed by atoms with Gasteiger partial charge in [0.25, 0.3) is 5.56 Å². The van der Waals surface area contributed by atoms with E-state index >= 15 is 0 Å². The van der Waals surface area contributed by atoms with Gasteiger partial charge in [0, 0.05) is 6.04 Å². The summed E-state index contributed by atoms with van der Waals surface area (Å²) in [5, 5.41) is 2.72. The second-order valence-corrected chi connectivity index (χ2v) is 7.33. The number of aromatic amines is 1. The molecule has 2 heterocycles. The second-order valence-electron chi connectivity index (χ2n) is 6.03. The fourth-order valence-corrected chi connectivity index (χ4v) is 4.66. The summed E-state index contributed by atoms with van der Waals surface area (Å²) in [5.41, 5.74) is 0.0857. The topological polar surface area (TPSA) is 37.8 Å². The average molecular weight is 308 g/mol. The maximum Gasteiger partial charge on any atom is 0.263 e. The van der Waals surface area contributed by atoms with Crippen molar-refractivity contribution in [1.29, 1.82) is 0 Å². The zero-order valence-corrected chi connectivity index (χ0v) is 13.5. The fourth-order valence-electron chi connectivity index (χ4n) is 3.49. The lowest BCUT2D eigenvalue weighted by Crippen LogP contribution is -2.34. The molecule has 1 N–H and O–H groups in total. The Morgan fingerprint density at radius 3 is 2.90 bits per heavy atom. The van der Waals surface area contributed by atoms with Crippen LogP contribution in [0, 0.1) is 16.6 Å². The number of hydrogen-bond acceptors (Lipinski definition) is 3. The number of aromatic nitrogens is 2. The van der Waals surface area contributed by atoms with E-state index < -0.39 is 0 Å². The Hall–Kier alpha value is -0.940. The van der Waals surface area contributed by atoms with Crippen LogP contribution in [-0.2, 0) is 0 Å². The van der Waals surface area contributed by atoms with Crippen molar-refractivity contribution in [1.82, 2.24) is 9.55 Å². The second kappa shape index (κ2) is 5.45. The first-order valence-electron chi connectivity index (χ1n) is 7.31. The largest absolute Gasteiger partial charge is 0.323 e. The zero-order chi connectivity index (χ0) is 14.3. The number of H-pyrrole nitrogens is 1. The molecule has 0 bridgehead atoms. The molecule has 3 rings (SSSR count). The summed E-state index contributed by atoms with van der Waals surface area (Å²) in [7, 11) is 0. The summed E-state index contributed by atoms with van der Waals surface area (Å²) in [6.45, 7) is 4.51. The molecular weight excluding hydrogens is 288 g/mol. The first-order valence-corrected chi connectivity index (χ1v) is 8.60. The van der Waals surface area contributed by atoms with Crippen molar-refractivity contribution in [3.63, 3.8) is 0 Å². The molecule has 108 valence electrons. The predicted molar refractivity (Wildman–Crippen MR) is 87.1 cm³/mol. The van der Waals surface area contributed by atoms with Gasteiger partial charge in [-0.15, -0.1) is 11.3 Å². The van der Waals surface area contributed by atoms with Crippen molar-refractivity contribution < 1.29 is 0 Å². The molecule has 1 fully saturated rings. The van der Waals surface area contributed by atoms with Crippen LogP contribution in [0.1, 0.15) is 45.6 Å². The van der Waals surface area contributed by atoms with Crippen molar-refractivity contribution in [2.24, 2.45) is 11.8 Å². The quantitative estimate of drug-likeness (QED) is 0.829. The molecule has 0 saturated heterocycles. The van der Waals surface area contributed by atoms with Gasteiger partial charge in [-0.3, -0.25) is 9.36 Å². The summed E-state index contributed by atoms with van der Waals surface area (Å²) in [6, 6.07) is 2.15. The average Bonchev–Trinajstić information content (AvgIpc) is 2.87. The van der Waals surface area contributed by atoms with Gasteiger partial charge < -0.3 is 4.98 Å². The molecule has 0 aromatic carbocycles. The van der Waals surface area contributed by atoms with E-state index in [4.69, 9.17) is 12.2 Å². The molecule has 0 aliphatic heterocycles. The lowest BCUT2D eigenvalue weighted by Gasteiger charge is -2.35. The van der Waals surface area contributed by atoms with Gasteiger partial charge in [-0.1, -0.05) is 26.7 Å². The van der Waals surface area contributed by atoms with Gasteiger partial charge in [-0.05, 0) is 48.3 Å². The minimum Gasteiger partial charge on any atom is -0.323 e. The van der Waals surface area contributed by atoms with E-state index in [1.807, 2.05) is 16.0 Å². The van der Waals surface area contributed by atoms with E-state index in [9.17, 15) is 4.79 Å². The fraction of sp³-hybridized carbons (Fsp3) is 0.600. The third-order valence-electron chi connectivity index (χ3n) is 4.52. The normalized spacial score (nSPS) is 23.6. The molecule has 3 nitrogen and oxygen atoms in total. The lowest BCUT2D eigenvalue weighted by atomic mass is 9.77. The van der Waals surface area contributed by atoms with Crippen LogP contribution >= 0.6 is 23.6 Å². The number of thiophene rings is 1. The maximum atomic E-state index is 12.8. The highest BCUT2D eigenvalue weighted by molar-refractivity contribution is 7.71. The number of rotatable bonds is 2. The lowest BCUT2D eigenvalue weighted by molar-refractivity contribution is 0.179. The summed E-state index contributed by atoms with van der Waals surface area (Å²) < 4.78 is 2.44. The number of nitrogens with one attached hydrogen (secondary N) is 1. The van der Waals surface area contributed by atoms with Crippen LogP contribution in [-0.4, -0.2) is 9.55 Å². The molecule has 5 heteroatoms. The van der Waals surface area contributed by atoms with Crippen molar-refractivity contribution in [2.75, 3.05) is 0 Å². The van der Waals surface area contributed by atoms with Gasteiger partial charge in [0.15, 0.2) is 4.77 Å². The monoisotopic (exact) mass is 308 g/mol. The summed E-state index contributed by atoms with van der Waals surface area (Å²) in [4.78, 5) is 16.9. The van der Waals surface area contributed by atoms with Crippen molar-refractivity contribution in [3.8, 4) is 0 Å². The molecule has 1 aliphatic rings. The SMILES string of the molecule is CC(C)C1CCCCC1n1c(=S)[nH]c2sccc2c1=O. The van der Waals surface area contributed by atoms with Crippen molar-refractivity contribution in [3.05, 3.63) is 26.6 Å². The predicted octanol–water partition coefficient (Wildman–Crippen LogP) is 4.51. The van der Waals surface area contributed by atoms with E-state index in [1.165, 1.54) is 19.3 Å². The Kier molecular flexibility index (Phi) is 3.82. The Morgan fingerprint density at radius 2 is 2.15 bits per heavy atom. The molecule has 0 amide bonds. The number of hydrogen-bond donors (Lipinski definition) is 1. The Labute approximate surface area is 127 Å². The summed E-state index contributed by atoms with van der Waals surface area (Å²) in [6.07, 6.45) is 4.73. The Morgan fingerprint density at radius 1 is 1.40 bits per heavy atom. The van der Waals surface area contributed by atoms with Crippen LogP contribution in [0.5, 0.6) is 0 Å². The minimum absolute atomic E-state index is 0.0857. The molecule has 2 unspecified atom stereocenters. The van der Waals surface area contributed by atoms with Gasteiger partial charge in [0.05, 0.1) is 5.39 Å². The number of nitrogens with zero attached hydrogens (tertiary/aromatic N) is 1. The van der Waals surface area contributed by atoms with Crippen molar-refractivity contribution >= 4 is 33.8 Å². The third kappa shape index (κ3) is 2.27. The molecule has 2 aromatic heterocycles. The molecular formula is C15H20N2OS2. The van der Waals surface area contributed by atoms with Gasteiger partial charge in [-0.2, -0.15) is 0 Å². The standard InChI is InChI=1S/C15H20N2OS2/c1-9(2)10-5-3-4-6-12(10)17-14(18)11-7-8-20-13(11)16-15(17)19/h7-10,12H,3-6H2,1-2H3,(H,16,19). The zero-order valence-electron chi connectivity index (χ0n) is 11.9. The van der Waals surface area contributed by atoms with Gasteiger partial charge in [-0.25, -0.2) is 0 Å². The van der Waals surface area contributed by atoms with Gasteiger partial charge in [0.2, 0.25) is 0 Å². The first kappa shape index (κ1) is 14.0. The highest BCUT2D eigenvalue weighted by Gasteiger charge is 2.30. The molecule has 1 aliphatic carbocycles. The van der Waals surface area contributed by atoms with Crippen LogP contribution in [0.2, 0.25) is 0 Å². The smallest absolute Gasteiger partial charge is 0.263 e. The van der Waals surface area contributed by atoms with Crippen LogP contribution in [0.4, 0.5) is 0 Å². The van der Waals surface area contributed by atoms with Crippen LogP contribution in [0.3, 0.4) is 0 Å². The highest BCUT2D eigenvalue weighted by Crippen LogP contribution is 2.38. The minimum atomic E-state index is 0.0857. The van der Waals surface area contributed by atoms with E-state index in [2.05, 4.69) is 18.8 Å². The molecule has 0 radical (unpaired) electrons. The van der Waals surface area contributed by atoms with Crippen LogP contribution in [0.25, 0.3) is 10.2 Å². The molecule has 2 aromatic rings. The van der Waals surface area contributed by atoms with Gasteiger partial charge in [0.1, 0.15) is 4.83 Å². The van der Waals surface area contributed by atoms with Gasteiger partial charge >= 0.3 is 0 Å². The van der Waals surface area contributed by atoms with E-state index in [-0.39, 0.29) is 11.6 Å². The van der Waals surface area contributed by atoms with E-state index in [0.717, 1.165) is 16.6 Å². The number of fused-ring (bicyclic) bond motifs is 1. The Bertz CT molecular complexity index is 725. The maximum absolute atomic E-state index is 12.8. The molecule has 0 spiro atoms.